The maximum Gasteiger partial charge on any atom is 0.323 e. The fraction of sp³-hybridized carbons (Fsp3) is 0.0476. The second kappa shape index (κ2) is 11.7. The number of benzene rings is 3. The average molecular weight is 834 g/mol. The first-order chi connectivity index (χ1) is 15.5. The Labute approximate surface area is 240 Å². The summed E-state index contributed by atoms with van der Waals surface area (Å²) in [5, 5.41) is 11.2. The van der Waals surface area contributed by atoms with E-state index in [1.165, 1.54) is 0 Å². The molecule has 3 rings (SSSR count). The minimum Gasteiger partial charge on any atom is -0.308 e. The number of carbonyl (C=O) groups is 2. The van der Waals surface area contributed by atoms with Gasteiger partial charge in [-0.25, -0.2) is 9.59 Å². The van der Waals surface area contributed by atoms with E-state index >= 15 is 0 Å². The molecule has 0 unspecified atom stereocenters. The van der Waals surface area contributed by atoms with Crippen molar-refractivity contribution in [2.75, 3.05) is 21.3 Å². The largest absolute Gasteiger partial charge is 0.323 e. The highest BCUT2D eigenvalue weighted by Crippen LogP contribution is 2.35. The van der Waals surface area contributed by atoms with Crippen LogP contribution in [0.15, 0.2) is 69.3 Å². The van der Waals surface area contributed by atoms with Gasteiger partial charge in [0.05, 0.1) is 11.4 Å². The molecule has 0 saturated heterocycles. The molecule has 4 amide bonds. The molecule has 0 fully saturated rings. The number of anilines is 4. The Kier molecular flexibility index (Phi) is 9.44. The lowest BCUT2D eigenvalue weighted by Gasteiger charge is -2.15. The van der Waals surface area contributed by atoms with Crippen molar-refractivity contribution in [2.45, 2.75) is 6.92 Å². The molecule has 4 N–H and O–H groups in total. The second-order valence-corrected chi connectivity index (χ2v) is 11.9. The lowest BCUT2D eigenvalue weighted by molar-refractivity contribution is 0.261. The molecule has 0 radical (unpaired) electrons. The molecule has 0 aliphatic carbocycles. The third kappa shape index (κ3) is 7.28. The molecule has 0 aromatic heterocycles. The van der Waals surface area contributed by atoms with Crippen LogP contribution in [0.5, 0.6) is 0 Å². The van der Waals surface area contributed by atoms with Crippen molar-refractivity contribution in [3.8, 4) is 0 Å². The number of urea groups is 2. The summed E-state index contributed by atoms with van der Waals surface area (Å²) < 4.78 is 4.59. The van der Waals surface area contributed by atoms with Gasteiger partial charge in [-0.05, 0) is 113 Å². The Morgan fingerprint density at radius 2 is 1.03 bits per heavy atom. The first-order valence-corrected chi connectivity index (χ1v) is 13.8. The average Bonchev–Trinajstić information content (AvgIpc) is 2.70. The Balaban J connectivity index is 1.71. The van der Waals surface area contributed by atoms with Gasteiger partial charge in [0, 0.05) is 38.2 Å². The van der Waals surface area contributed by atoms with Gasteiger partial charge in [0.15, 0.2) is 0 Å². The fourth-order valence-corrected chi connectivity index (χ4v) is 7.61. The van der Waals surface area contributed by atoms with E-state index < -0.39 is 12.1 Å². The second-order valence-electron chi connectivity index (χ2n) is 6.68. The minimum absolute atomic E-state index is 0.425. The van der Waals surface area contributed by atoms with E-state index in [4.69, 9.17) is 0 Å². The van der Waals surface area contributed by atoms with Gasteiger partial charge in [0.1, 0.15) is 0 Å². The highest BCUT2D eigenvalue weighted by Gasteiger charge is 2.14. The van der Waals surface area contributed by atoms with Crippen LogP contribution in [0.25, 0.3) is 0 Å². The molecule has 33 heavy (non-hydrogen) atoms. The molecular weight excluding hydrogens is 820 g/mol. The minimum atomic E-state index is -0.430. The number of nitrogens with one attached hydrogen (secondary N) is 4. The monoisotopic (exact) mass is 828 g/mol. The SMILES string of the molecule is Cc1ccc(NC(=O)Nc2c(Br)cc(Br)cc2Br)cc1NC(=O)Nc1c(Br)cc(Br)cc1Br. The highest BCUT2D eigenvalue weighted by molar-refractivity contribution is 9.12. The van der Waals surface area contributed by atoms with E-state index in [1.54, 1.807) is 12.1 Å². The van der Waals surface area contributed by atoms with Crippen molar-refractivity contribution in [1.82, 2.24) is 0 Å². The number of carbonyl (C=O) groups excluding carboxylic acids is 2. The van der Waals surface area contributed by atoms with Crippen LogP contribution in [-0.2, 0) is 0 Å². The normalized spacial score (nSPS) is 10.5. The zero-order valence-corrected chi connectivity index (χ0v) is 26.1. The number of hydrogen-bond donors (Lipinski definition) is 4. The van der Waals surface area contributed by atoms with E-state index in [9.17, 15) is 9.59 Å². The molecule has 0 heterocycles. The van der Waals surface area contributed by atoms with Crippen molar-refractivity contribution < 1.29 is 9.59 Å². The van der Waals surface area contributed by atoms with Gasteiger partial charge in [-0.2, -0.15) is 0 Å². The van der Waals surface area contributed by atoms with Crippen LogP contribution in [0.3, 0.4) is 0 Å². The number of amides is 4. The van der Waals surface area contributed by atoms with Gasteiger partial charge >= 0.3 is 12.1 Å². The zero-order valence-electron chi connectivity index (χ0n) is 16.6. The lowest BCUT2D eigenvalue weighted by atomic mass is 10.2. The summed E-state index contributed by atoms with van der Waals surface area (Å²) in [5.41, 5.74) is 3.09. The first kappa shape index (κ1) is 26.7. The van der Waals surface area contributed by atoms with Crippen molar-refractivity contribution in [3.05, 3.63) is 74.9 Å². The smallest absolute Gasteiger partial charge is 0.308 e. The van der Waals surface area contributed by atoms with Crippen molar-refractivity contribution >= 4 is 130 Å². The number of halogens is 6. The summed E-state index contributed by atoms with van der Waals surface area (Å²) in [5.74, 6) is 0. The maximum atomic E-state index is 12.6. The van der Waals surface area contributed by atoms with Crippen LogP contribution in [0.1, 0.15) is 5.56 Å². The predicted octanol–water partition coefficient (Wildman–Crippen LogP) is 9.86. The molecule has 0 bridgehead atoms. The van der Waals surface area contributed by atoms with E-state index in [0.717, 1.165) is 14.5 Å². The van der Waals surface area contributed by atoms with Crippen LogP contribution in [-0.4, -0.2) is 12.1 Å². The van der Waals surface area contributed by atoms with Crippen LogP contribution in [0.4, 0.5) is 32.3 Å². The summed E-state index contributed by atoms with van der Waals surface area (Å²) in [6, 6.07) is 11.7. The molecule has 0 aliphatic rings. The third-order valence-electron chi connectivity index (χ3n) is 4.23. The Bertz CT molecular complexity index is 1210. The Morgan fingerprint density at radius 1 is 0.606 bits per heavy atom. The standard InChI is InChI=1S/C21H14Br6N4O2/c1-9-2-3-12(28-20(32)30-18-13(24)4-10(22)5-14(18)25)8-17(9)29-21(33)31-19-15(26)6-11(23)7-16(19)27/h2-8H,1H3,(H2,28,30,32)(H2,29,31,33). The molecule has 0 saturated carbocycles. The number of hydrogen-bond acceptors (Lipinski definition) is 2. The molecular formula is C21H14Br6N4O2. The van der Waals surface area contributed by atoms with Gasteiger partial charge in [-0.15, -0.1) is 0 Å². The molecule has 0 spiro atoms. The molecule has 172 valence electrons. The summed E-state index contributed by atoms with van der Waals surface area (Å²) in [7, 11) is 0. The third-order valence-corrected chi connectivity index (χ3v) is 7.65. The molecule has 6 nitrogen and oxygen atoms in total. The summed E-state index contributed by atoms with van der Waals surface area (Å²) in [4.78, 5) is 25.2. The van der Waals surface area contributed by atoms with Crippen LogP contribution < -0.4 is 21.3 Å². The first-order valence-electron chi connectivity index (χ1n) is 9.09. The predicted molar refractivity (Wildman–Crippen MR) is 156 cm³/mol. The van der Waals surface area contributed by atoms with E-state index in [0.29, 0.717) is 40.6 Å². The molecule has 0 atom stereocenters. The van der Waals surface area contributed by atoms with Crippen molar-refractivity contribution in [3.63, 3.8) is 0 Å². The molecule has 3 aromatic rings. The van der Waals surface area contributed by atoms with E-state index in [2.05, 4.69) is 117 Å². The zero-order chi connectivity index (χ0) is 24.3. The maximum absolute atomic E-state index is 12.6. The fourth-order valence-electron chi connectivity index (χ4n) is 2.70. The number of rotatable bonds is 4. The molecule has 12 heteroatoms. The van der Waals surface area contributed by atoms with Crippen LogP contribution in [0, 0.1) is 6.92 Å². The van der Waals surface area contributed by atoms with Crippen LogP contribution >= 0.6 is 95.6 Å². The van der Waals surface area contributed by atoms with Crippen molar-refractivity contribution in [1.29, 1.82) is 0 Å². The van der Waals surface area contributed by atoms with Crippen LogP contribution in [0.2, 0.25) is 0 Å². The van der Waals surface area contributed by atoms with Gasteiger partial charge in [-0.1, -0.05) is 37.9 Å². The van der Waals surface area contributed by atoms with Crippen molar-refractivity contribution in [2.24, 2.45) is 0 Å². The summed E-state index contributed by atoms with van der Waals surface area (Å²) in [6.45, 7) is 1.86. The quantitative estimate of drug-likeness (QED) is 0.211. The summed E-state index contributed by atoms with van der Waals surface area (Å²) >= 11 is 20.5. The molecule has 3 aromatic carbocycles. The summed E-state index contributed by atoms with van der Waals surface area (Å²) in [6.07, 6.45) is 0. The Morgan fingerprint density at radius 3 is 1.48 bits per heavy atom. The highest BCUT2D eigenvalue weighted by atomic mass is 79.9. The number of aryl methyl sites for hydroxylation is 1. The van der Waals surface area contributed by atoms with Gasteiger partial charge < -0.3 is 21.3 Å². The molecule has 0 aliphatic heterocycles. The van der Waals surface area contributed by atoms with Gasteiger partial charge in [-0.3, -0.25) is 0 Å². The van der Waals surface area contributed by atoms with E-state index in [-0.39, 0.29) is 0 Å². The van der Waals surface area contributed by atoms with E-state index in [1.807, 2.05) is 37.3 Å². The lowest BCUT2D eigenvalue weighted by Crippen LogP contribution is -2.22. The topological polar surface area (TPSA) is 82.3 Å². The van der Waals surface area contributed by atoms with Gasteiger partial charge in [0.25, 0.3) is 0 Å². The van der Waals surface area contributed by atoms with Gasteiger partial charge in [0.2, 0.25) is 0 Å². The Hall–Kier alpha value is -0.920.